The van der Waals surface area contributed by atoms with E-state index in [0.717, 1.165) is 37.3 Å². The molecule has 0 unspecified atom stereocenters. The number of rotatable bonds is 7. The molecule has 2 aliphatic heterocycles. The first-order valence-corrected chi connectivity index (χ1v) is 11.8. The number of ether oxygens (including phenoxy) is 2. The Morgan fingerprint density at radius 1 is 1.09 bits per heavy atom. The maximum atomic E-state index is 12.9. The maximum Gasteiger partial charge on any atom is 0.251 e. The van der Waals surface area contributed by atoms with Crippen LogP contribution in [0.5, 0.6) is 11.5 Å². The minimum atomic E-state index is -0.107. The fraction of sp³-hybridized carbons (Fsp3) is 0.400. The van der Waals surface area contributed by atoms with Crippen molar-refractivity contribution in [3.8, 4) is 11.5 Å². The van der Waals surface area contributed by atoms with Crippen LogP contribution in [0.4, 0.5) is 5.69 Å². The lowest BCUT2D eigenvalue weighted by Crippen LogP contribution is -2.33. The van der Waals surface area contributed by atoms with E-state index in [1.54, 1.807) is 24.2 Å². The van der Waals surface area contributed by atoms with Crippen LogP contribution in [0.2, 0.25) is 10.0 Å². The van der Waals surface area contributed by atoms with E-state index in [9.17, 15) is 4.79 Å². The summed E-state index contributed by atoms with van der Waals surface area (Å²) in [5.41, 5.74) is 2.65. The van der Waals surface area contributed by atoms with E-state index in [2.05, 4.69) is 4.90 Å². The number of carbonyl (C=O) groups is 1. The Morgan fingerprint density at radius 3 is 2.69 bits per heavy atom. The molecule has 7 heteroatoms. The molecule has 0 saturated carbocycles. The quantitative estimate of drug-likeness (QED) is 0.498. The lowest BCUT2D eigenvalue weighted by molar-refractivity contribution is -0.114. The van der Waals surface area contributed by atoms with Gasteiger partial charge in [0.15, 0.2) is 11.5 Å². The van der Waals surface area contributed by atoms with Gasteiger partial charge < -0.3 is 14.4 Å². The molecule has 2 aromatic carbocycles. The highest BCUT2D eigenvalue weighted by molar-refractivity contribution is 6.42. The molecule has 4 rings (SSSR count). The van der Waals surface area contributed by atoms with E-state index in [1.165, 1.54) is 25.3 Å². The van der Waals surface area contributed by atoms with Gasteiger partial charge in [-0.25, -0.2) is 0 Å². The van der Waals surface area contributed by atoms with Gasteiger partial charge in [-0.15, -0.1) is 0 Å². The molecule has 32 heavy (non-hydrogen) atoms. The van der Waals surface area contributed by atoms with E-state index >= 15 is 0 Å². The molecule has 5 nitrogen and oxygen atoms in total. The number of hydrogen-bond acceptors (Lipinski definition) is 4. The zero-order valence-corrected chi connectivity index (χ0v) is 19.8. The number of anilines is 1. The van der Waals surface area contributed by atoms with E-state index in [-0.39, 0.29) is 5.91 Å². The summed E-state index contributed by atoms with van der Waals surface area (Å²) in [5.74, 6) is 1.27. The predicted molar refractivity (Wildman–Crippen MR) is 130 cm³/mol. The van der Waals surface area contributed by atoms with Gasteiger partial charge in [0.1, 0.15) is 6.61 Å². The second kappa shape index (κ2) is 10.6. The number of fused-ring (bicyclic) bond motifs is 1. The first-order chi connectivity index (χ1) is 15.6. The number of nitrogens with zero attached hydrogens (tertiary/aromatic N) is 2. The van der Waals surface area contributed by atoms with Crippen LogP contribution in [-0.2, 0) is 11.2 Å². The summed E-state index contributed by atoms with van der Waals surface area (Å²) in [6.07, 6.45) is 7.84. The summed E-state index contributed by atoms with van der Waals surface area (Å²) < 4.78 is 11.6. The molecule has 0 aliphatic carbocycles. The van der Waals surface area contributed by atoms with E-state index in [1.807, 2.05) is 24.3 Å². The maximum absolute atomic E-state index is 12.9. The molecule has 0 atom stereocenters. The van der Waals surface area contributed by atoms with Crippen LogP contribution in [0.1, 0.15) is 30.4 Å². The fourth-order valence-corrected chi connectivity index (χ4v) is 4.64. The standard InChI is InChI=1S/C25H28Cl2N2O3/c1-31-22-16-19-10-13-29(24(30)9-8-18-6-5-7-20(26)25(18)27)21(19)17-23(22)32-15-14-28-11-3-2-4-12-28/h5-9,16-17H,2-4,10-15H2,1H3/b9-8+. The summed E-state index contributed by atoms with van der Waals surface area (Å²) >= 11 is 12.3. The zero-order chi connectivity index (χ0) is 22.5. The number of likely N-dealkylation sites (tertiary alicyclic amines) is 1. The highest BCUT2D eigenvalue weighted by atomic mass is 35.5. The van der Waals surface area contributed by atoms with Gasteiger partial charge in [0.25, 0.3) is 5.91 Å². The van der Waals surface area contributed by atoms with Crippen LogP contribution in [0.3, 0.4) is 0 Å². The molecule has 2 aromatic rings. The SMILES string of the molecule is COc1cc2c(cc1OCCN1CCCCC1)N(C(=O)/C=C/c1cccc(Cl)c1Cl)CC2. The van der Waals surface area contributed by atoms with E-state index in [0.29, 0.717) is 40.3 Å². The predicted octanol–water partition coefficient (Wildman–Crippen LogP) is 5.47. The lowest BCUT2D eigenvalue weighted by atomic mass is 10.1. The Balaban J connectivity index is 1.47. The largest absolute Gasteiger partial charge is 0.493 e. The molecule has 0 aromatic heterocycles. The number of amides is 1. The monoisotopic (exact) mass is 474 g/mol. The average molecular weight is 475 g/mol. The molecule has 1 amide bonds. The Bertz CT molecular complexity index is 1000. The van der Waals surface area contributed by atoms with Gasteiger partial charge in [0.05, 0.1) is 22.8 Å². The number of methoxy groups -OCH3 is 1. The van der Waals surface area contributed by atoms with Crippen LogP contribution in [0.25, 0.3) is 6.08 Å². The first-order valence-electron chi connectivity index (χ1n) is 11.1. The topological polar surface area (TPSA) is 42.0 Å². The molecule has 2 heterocycles. The fourth-order valence-electron chi connectivity index (χ4n) is 4.26. The highest BCUT2D eigenvalue weighted by Crippen LogP contribution is 2.39. The van der Waals surface area contributed by atoms with Crippen LogP contribution in [0.15, 0.2) is 36.4 Å². The number of benzene rings is 2. The molecule has 1 fully saturated rings. The smallest absolute Gasteiger partial charge is 0.251 e. The minimum Gasteiger partial charge on any atom is -0.493 e. The molecule has 170 valence electrons. The zero-order valence-electron chi connectivity index (χ0n) is 18.3. The summed E-state index contributed by atoms with van der Waals surface area (Å²) in [6.45, 7) is 4.37. The molecule has 0 N–H and O–H groups in total. The molecule has 0 radical (unpaired) electrons. The van der Waals surface area contributed by atoms with E-state index in [4.69, 9.17) is 32.7 Å². The van der Waals surface area contributed by atoms with Crippen molar-refractivity contribution in [2.45, 2.75) is 25.7 Å². The third kappa shape index (κ3) is 5.22. The van der Waals surface area contributed by atoms with Crippen molar-refractivity contribution >= 4 is 40.9 Å². The number of hydrogen-bond donors (Lipinski definition) is 0. The number of carbonyl (C=O) groups excluding carboxylic acids is 1. The Hall–Kier alpha value is -2.21. The summed E-state index contributed by atoms with van der Waals surface area (Å²) in [6, 6.07) is 9.27. The second-order valence-corrected chi connectivity index (χ2v) is 8.88. The van der Waals surface area contributed by atoms with Gasteiger partial charge in [-0.1, -0.05) is 41.8 Å². The van der Waals surface area contributed by atoms with Crippen LogP contribution in [0, 0.1) is 0 Å². The Labute approximate surface area is 199 Å². The van der Waals surface area contributed by atoms with Gasteiger partial charge in [-0.2, -0.15) is 0 Å². The van der Waals surface area contributed by atoms with Gasteiger partial charge in [-0.3, -0.25) is 9.69 Å². The third-order valence-electron chi connectivity index (χ3n) is 6.03. The molecular weight excluding hydrogens is 447 g/mol. The van der Waals surface area contributed by atoms with Gasteiger partial charge in [0.2, 0.25) is 0 Å². The van der Waals surface area contributed by atoms with Crippen LogP contribution < -0.4 is 14.4 Å². The molecule has 2 aliphatic rings. The van der Waals surface area contributed by atoms with E-state index < -0.39 is 0 Å². The van der Waals surface area contributed by atoms with Crippen molar-refractivity contribution < 1.29 is 14.3 Å². The van der Waals surface area contributed by atoms with Crippen molar-refractivity contribution in [1.29, 1.82) is 0 Å². The number of halogens is 2. The van der Waals surface area contributed by atoms with Crippen molar-refractivity contribution in [3.05, 3.63) is 57.6 Å². The van der Waals surface area contributed by atoms with Crippen LogP contribution >= 0.6 is 23.2 Å². The van der Waals surface area contributed by atoms with Crippen molar-refractivity contribution in [2.24, 2.45) is 0 Å². The minimum absolute atomic E-state index is 0.107. The van der Waals surface area contributed by atoms with Crippen molar-refractivity contribution in [2.75, 3.05) is 44.8 Å². The molecular formula is C25H28Cl2N2O3. The summed E-state index contributed by atoms with van der Waals surface area (Å²) in [4.78, 5) is 17.1. The van der Waals surface area contributed by atoms with Gasteiger partial charge in [0, 0.05) is 25.2 Å². The Kier molecular flexibility index (Phi) is 7.61. The molecule has 0 bridgehead atoms. The second-order valence-electron chi connectivity index (χ2n) is 8.10. The molecule has 0 spiro atoms. The summed E-state index contributed by atoms with van der Waals surface area (Å²) in [7, 11) is 1.65. The lowest BCUT2D eigenvalue weighted by Gasteiger charge is -2.26. The third-order valence-corrected chi connectivity index (χ3v) is 6.86. The highest BCUT2D eigenvalue weighted by Gasteiger charge is 2.26. The normalized spacial score (nSPS) is 16.4. The Morgan fingerprint density at radius 2 is 1.91 bits per heavy atom. The first kappa shape index (κ1) is 23.0. The van der Waals surface area contributed by atoms with Gasteiger partial charge >= 0.3 is 0 Å². The average Bonchev–Trinajstić information content (AvgIpc) is 3.23. The molecule has 1 saturated heterocycles. The van der Waals surface area contributed by atoms with Gasteiger partial charge in [-0.05, 0) is 61.7 Å². The van der Waals surface area contributed by atoms with Crippen molar-refractivity contribution in [1.82, 2.24) is 4.90 Å². The van der Waals surface area contributed by atoms with Crippen LogP contribution in [-0.4, -0.2) is 50.7 Å². The summed E-state index contributed by atoms with van der Waals surface area (Å²) in [5, 5.41) is 0.903. The van der Waals surface area contributed by atoms with Crippen molar-refractivity contribution in [3.63, 3.8) is 0 Å². The number of piperidine rings is 1.